The summed E-state index contributed by atoms with van der Waals surface area (Å²) in [5.74, 6) is -0.850. The van der Waals surface area contributed by atoms with Crippen molar-refractivity contribution in [1.29, 1.82) is 0 Å². The highest BCUT2D eigenvalue weighted by atomic mass is 16.4. The van der Waals surface area contributed by atoms with Gasteiger partial charge in [0.25, 0.3) is 0 Å². The molecule has 4 heteroatoms. The van der Waals surface area contributed by atoms with Gasteiger partial charge in [0.1, 0.15) is 0 Å². The Morgan fingerprint density at radius 3 is 2.62 bits per heavy atom. The van der Waals surface area contributed by atoms with Crippen LogP contribution in [-0.4, -0.2) is 16.1 Å². The maximum Gasteiger partial charge on any atom is 0.312 e. The van der Waals surface area contributed by atoms with Crippen molar-refractivity contribution in [3.05, 3.63) is 47.7 Å². The Balaban J connectivity index is 2.38. The zero-order chi connectivity index (χ0) is 15.6. The molecule has 1 aromatic heterocycles. The predicted octanol–water partition coefficient (Wildman–Crippen LogP) is 3.38. The summed E-state index contributed by atoms with van der Waals surface area (Å²) in [7, 11) is 0. The zero-order valence-electron chi connectivity index (χ0n) is 12.5. The Kier molecular flexibility index (Phi) is 4.09. The number of hydrogen-bond donors (Lipinski definition) is 2. The van der Waals surface area contributed by atoms with Crippen molar-refractivity contribution >= 4 is 22.9 Å². The maximum absolute atomic E-state index is 11.1. The van der Waals surface area contributed by atoms with Gasteiger partial charge in [-0.25, -0.2) is 0 Å². The second kappa shape index (κ2) is 5.66. The number of aromatic nitrogens is 1. The van der Waals surface area contributed by atoms with Crippen LogP contribution in [0.3, 0.4) is 0 Å². The van der Waals surface area contributed by atoms with Crippen LogP contribution in [-0.2, 0) is 4.79 Å². The smallest absolute Gasteiger partial charge is 0.312 e. The molecule has 0 saturated carbocycles. The van der Waals surface area contributed by atoms with E-state index in [9.17, 15) is 4.79 Å². The van der Waals surface area contributed by atoms with E-state index in [2.05, 4.69) is 4.98 Å². The first-order valence-corrected chi connectivity index (χ1v) is 6.88. The van der Waals surface area contributed by atoms with Gasteiger partial charge >= 0.3 is 5.97 Å². The number of carboxylic acid groups (broad SMARTS) is 1. The minimum atomic E-state index is -0.893. The number of aliphatic carboxylic acids is 1. The van der Waals surface area contributed by atoms with E-state index in [1.807, 2.05) is 43.3 Å². The fourth-order valence-electron chi connectivity index (χ4n) is 1.88. The molecule has 0 spiro atoms. The molecule has 0 fully saturated rings. The number of nitrogens with zero attached hydrogens (tertiary/aromatic N) is 1. The number of nitrogens with two attached hydrogens (primary N) is 1. The summed E-state index contributed by atoms with van der Waals surface area (Å²) in [6.07, 6.45) is 3.50. The first-order valence-electron chi connectivity index (χ1n) is 6.88. The molecule has 0 saturated heterocycles. The number of benzene rings is 1. The Morgan fingerprint density at radius 1 is 1.33 bits per heavy atom. The van der Waals surface area contributed by atoms with Gasteiger partial charge in [0.2, 0.25) is 0 Å². The van der Waals surface area contributed by atoms with E-state index in [1.54, 1.807) is 19.9 Å². The molecular formula is C17H20N2O2. The SMILES string of the molecule is C[C@@H](N)c1ccc2ccc(/C=C/C(C)(C)C(=O)O)cc2n1. The lowest BCUT2D eigenvalue weighted by Crippen LogP contribution is -2.20. The molecule has 0 radical (unpaired) electrons. The van der Waals surface area contributed by atoms with Crippen LogP contribution < -0.4 is 5.73 Å². The van der Waals surface area contributed by atoms with Gasteiger partial charge in [-0.05, 0) is 38.5 Å². The van der Waals surface area contributed by atoms with Gasteiger partial charge in [0, 0.05) is 11.4 Å². The molecule has 0 aliphatic heterocycles. The summed E-state index contributed by atoms with van der Waals surface area (Å²) in [5, 5.41) is 10.1. The lowest BCUT2D eigenvalue weighted by atomic mass is 9.92. The Labute approximate surface area is 124 Å². The molecule has 0 aliphatic carbocycles. The highest BCUT2D eigenvalue weighted by molar-refractivity contribution is 5.82. The van der Waals surface area contributed by atoms with Crippen LogP contribution >= 0.6 is 0 Å². The molecule has 0 bridgehead atoms. The van der Waals surface area contributed by atoms with Crippen LogP contribution in [0.1, 0.15) is 38.1 Å². The highest BCUT2D eigenvalue weighted by Gasteiger charge is 2.22. The molecule has 0 aliphatic rings. The Bertz CT molecular complexity index is 703. The number of rotatable bonds is 4. The van der Waals surface area contributed by atoms with E-state index in [4.69, 9.17) is 10.8 Å². The van der Waals surface area contributed by atoms with Gasteiger partial charge in [-0.15, -0.1) is 0 Å². The van der Waals surface area contributed by atoms with E-state index in [0.717, 1.165) is 22.2 Å². The molecule has 3 N–H and O–H groups in total. The molecule has 1 atom stereocenters. The predicted molar refractivity (Wildman–Crippen MR) is 84.8 cm³/mol. The van der Waals surface area contributed by atoms with Crippen molar-refractivity contribution < 1.29 is 9.90 Å². The summed E-state index contributed by atoms with van der Waals surface area (Å²) in [6.45, 7) is 5.23. The Hall–Kier alpha value is -2.20. The van der Waals surface area contributed by atoms with Crippen molar-refractivity contribution in [2.24, 2.45) is 11.1 Å². The highest BCUT2D eigenvalue weighted by Crippen LogP contribution is 2.21. The van der Waals surface area contributed by atoms with Gasteiger partial charge in [0.05, 0.1) is 16.6 Å². The van der Waals surface area contributed by atoms with Crippen LogP contribution in [0.2, 0.25) is 0 Å². The fraction of sp³-hybridized carbons (Fsp3) is 0.294. The van der Waals surface area contributed by atoms with E-state index in [1.165, 1.54) is 0 Å². The average molecular weight is 284 g/mol. The fourth-order valence-corrected chi connectivity index (χ4v) is 1.88. The molecule has 21 heavy (non-hydrogen) atoms. The molecule has 2 rings (SSSR count). The summed E-state index contributed by atoms with van der Waals surface area (Å²) in [4.78, 5) is 15.6. The summed E-state index contributed by atoms with van der Waals surface area (Å²) < 4.78 is 0. The molecule has 110 valence electrons. The number of carbonyl (C=O) groups is 1. The topological polar surface area (TPSA) is 76.2 Å². The third-order valence-corrected chi connectivity index (χ3v) is 3.45. The summed E-state index contributed by atoms with van der Waals surface area (Å²) in [6, 6.07) is 9.67. The summed E-state index contributed by atoms with van der Waals surface area (Å²) >= 11 is 0. The molecule has 1 heterocycles. The van der Waals surface area contributed by atoms with Crippen LogP contribution in [0.5, 0.6) is 0 Å². The normalized spacial score (nSPS) is 13.7. The lowest BCUT2D eigenvalue weighted by molar-refractivity contribution is -0.144. The minimum Gasteiger partial charge on any atom is -0.481 e. The van der Waals surface area contributed by atoms with Crippen LogP contribution in [0, 0.1) is 5.41 Å². The van der Waals surface area contributed by atoms with Crippen molar-refractivity contribution in [3.63, 3.8) is 0 Å². The minimum absolute atomic E-state index is 0.112. The van der Waals surface area contributed by atoms with Gasteiger partial charge in [0.15, 0.2) is 0 Å². The zero-order valence-corrected chi connectivity index (χ0v) is 12.5. The summed E-state index contributed by atoms with van der Waals surface area (Å²) in [5.41, 5.74) is 7.58. The molecular weight excluding hydrogens is 264 g/mol. The Morgan fingerprint density at radius 2 is 2.00 bits per heavy atom. The first kappa shape index (κ1) is 15.2. The van der Waals surface area contributed by atoms with Crippen LogP contribution in [0.25, 0.3) is 17.0 Å². The lowest BCUT2D eigenvalue weighted by Gasteiger charge is -2.13. The standard InChI is InChI=1S/C17H20N2O2/c1-11(18)14-7-6-13-5-4-12(10-15(13)19-14)8-9-17(2,3)16(20)21/h4-11H,18H2,1-3H3,(H,20,21)/b9-8+/t11-/m1/s1. The van der Waals surface area contributed by atoms with E-state index < -0.39 is 11.4 Å². The van der Waals surface area contributed by atoms with Gasteiger partial charge in [-0.2, -0.15) is 0 Å². The monoisotopic (exact) mass is 284 g/mol. The molecule has 2 aromatic rings. The first-order chi connectivity index (χ1) is 9.79. The number of hydrogen-bond acceptors (Lipinski definition) is 3. The molecule has 4 nitrogen and oxygen atoms in total. The number of fused-ring (bicyclic) bond motifs is 1. The number of carboxylic acids is 1. The van der Waals surface area contributed by atoms with Gasteiger partial charge < -0.3 is 10.8 Å². The molecule has 1 aromatic carbocycles. The quantitative estimate of drug-likeness (QED) is 0.902. The van der Waals surface area contributed by atoms with Gasteiger partial charge in [-0.3, -0.25) is 9.78 Å². The van der Waals surface area contributed by atoms with E-state index in [-0.39, 0.29) is 6.04 Å². The molecule has 0 amide bonds. The van der Waals surface area contributed by atoms with Crippen molar-refractivity contribution in [2.45, 2.75) is 26.8 Å². The van der Waals surface area contributed by atoms with Crippen LogP contribution in [0.15, 0.2) is 36.4 Å². The second-order valence-electron chi connectivity index (χ2n) is 5.84. The number of pyridine rings is 1. The van der Waals surface area contributed by atoms with Crippen molar-refractivity contribution in [1.82, 2.24) is 4.98 Å². The average Bonchev–Trinajstić information content (AvgIpc) is 2.44. The van der Waals surface area contributed by atoms with Crippen molar-refractivity contribution in [2.75, 3.05) is 0 Å². The van der Waals surface area contributed by atoms with Crippen molar-refractivity contribution in [3.8, 4) is 0 Å². The third kappa shape index (κ3) is 3.47. The largest absolute Gasteiger partial charge is 0.481 e. The van der Waals surface area contributed by atoms with Crippen LogP contribution in [0.4, 0.5) is 0 Å². The maximum atomic E-state index is 11.1. The van der Waals surface area contributed by atoms with E-state index in [0.29, 0.717) is 0 Å². The van der Waals surface area contributed by atoms with E-state index >= 15 is 0 Å². The second-order valence-corrected chi connectivity index (χ2v) is 5.84. The molecule has 0 unspecified atom stereocenters. The third-order valence-electron chi connectivity index (χ3n) is 3.45. The van der Waals surface area contributed by atoms with Gasteiger partial charge in [-0.1, -0.05) is 30.4 Å².